The van der Waals surface area contributed by atoms with Gasteiger partial charge in [0.25, 0.3) is 0 Å². The van der Waals surface area contributed by atoms with Crippen LogP contribution in [0.3, 0.4) is 0 Å². The van der Waals surface area contributed by atoms with Gasteiger partial charge in [-0.1, -0.05) is 27.2 Å². The van der Waals surface area contributed by atoms with Crippen LogP contribution in [0.15, 0.2) is 0 Å². The van der Waals surface area contributed by atoms with Gasteiger partial charge >= 0.3 is 0 Å². The molecule has 1 saturated carbocycles. The lowest BCUT2D eigenvalue weighted by Crippen LogP contribution is -2.48. The third-order valence-electron chi connectivity index (χ3n) is 3.98. The normalized spacial score (nSPS) is 17.4. The molecule has 1 aliphatic rings. The summed E-state index contributed by atoms with van der Waals surface area (Å²) in [5, 5.41) is 2.86. The third kappa shape index (κ3) is 5.31. The van der Waals surface area contributed by atoms with E-state index in [2.05, 4.69) is 17.1 Å². The molecule has 0 saturated heterocycles. The van der Waals surface area contributed by atoms with Gasteiger partial charge in [0.1, 0.15) is 0 Å². The van der Waals surface area contributed by atoms with E-state index in [-0.39, 0.29) is 23.7 Å². The summed E-state index contributed by atoms with van der Waals surface area (Å²) in [6, 6.07) is -0.352. The van der Waals surface area contributed by atoms with Gasteiger partial charge in [0.2, 0.25) is 5.91 Å². The minimum absolute atomic E-state index is 0.0323. The van der Waals surface area contributed by atoms with Crippen molar-refractivity contribution < 1.29 is 9.59 Å². The third-order valence-corrected chi connectivity index (χ3v) is 3.98. The summed E-state index contributed by atoms with van der Waals surface area (Å²) < 4.78 is 0. The first-order chi connectivity index (χ1) is 8.93. The standard InChI is InChI=1S/C15H28N2O2/c1-5-17(9-13-7-6-8-13)10-14(19)16-15(11(2)3)12(4)18/h11,13,15H,5-10H2,1-4H3,(H,16,19). The number of carbonyl (C=O) groups excluding carboxylic acids is 2. The summed E-state index contributed by atoms with van der Waals surface area (Å²) in [7, 11) is 0. The maximum Gasteiger partial charge on any atom is 0.234 e. The second-order valence-electron chi connectivity index (χ2n) is 6.02. The van der Waals surface area contributed by atoms with E-state index in [0.717, 1.165) is 19.0 Å². The van der Waals surface area contributed by atoms with Crippen LogP contribution < -0.4 is 5.32 Å². The monoisotopic (exact) mass is 268 g/mol. The van der Waals surface area contributed by atoms with E-state index >= 15 is 0 Å². The molecule has 1 unspecified atom stereocenters. The summed E-state index contributed by atoms with van der Waals surface area (Å²) >= 11 is 0. The molecule has 1 atom stereocenters. The summed E-state index contributed by atoms with van der Waals surface area (Å²) in [6.45, 7) is 9.83. The predicted octanol–water partition coefficient (Wildman–Crippen LogP) is 1.84. The van der Waals surface area contributed by atoms with Crippen LogP contribution in [0, 0.1) is 11.8 Å². The van der Waals surface area contributed by atoms with Crippen molar-refractivity contribution in [3.8, 4) is 0 Å². The van der Waals surface area contributed by atoms with Gasteiger partial charge in [0.05, 0.1) is 12.6 Å². The van der Waals surface area contributed by atoms with Gasteiger partial charge < -0.3 is 5.32 Å². The number of hydrogen-bond donors (Lipinski definition) is 1. The lowest BCUT2D eigenvalue weighted by molar-refractivity contribution is -0.128. The van der Waals surface area contributed by atoms with Gasteiger partial charge in [0, 0.05) is 6.54 Å². The minimum atomic E-state index is -0.352. The molecule has 0 bridgehead atoms. The number of nitrogens with zero attached hydrogens (tertiary/aromatic N) is 1. The average molecular weight is 268 g/mol. The Morgan fingerprint density at radius 1 is 1.32 bits per heavy atom. The molecule has 1 N–H and O–H groups in total. The van der Waals surface area contributed by atoms with Crippen molar-refractivity contribution in [2.75, 3.05) is 19.6 Å². The van der Waals surface area contributed by atoms with E-state index < -0.39 is 0 Å². The molecule has 1 aliphatic carbocycles. The first-order valence-electron chi connectivity index (χ1n) is 7.46. The molecular formula is C15H28N2O2. The van der Waals surface area contributed by atoms with Crippen LogP contribution in [0.4, 0.5) is 0 Å². The number of rotatable bonds is 8. The van der Waals surface area contributed by atoms with Gasteiger partial charge in [-0.3, -0.25) is 14.5 Å². The predicted molar refractivity (Wildman–Crippen MR) is 76.9 cm³/mol. The first kappa shape index (κ1) is 16.2. The molecule has 0 radical (unpaired) electrons. The zero-order valence-electron chi connectivity index (χ0n) is 12.7. The molecule has 110 valence electrons. The number of ketones is 1. The number of amides is 1. The van der Waals surface area contributed by atoms with E-state index in [1.54, 1.807) is 0 Å². The summed E-state index contributed by atoms with van der Waals surface area (Å²) in [4.78, 5) is 25.7. The van der Waals surface area contributed by atoms with Gasteiger partial charge in [-0.2, -0.15) is 0 Å². The lowest BCUT2D eigenvalue weighted by Gasteiger charge is -2.31. The molecule has 1 rings (SSSR count). The number of Topliss-reactive ketones (excluding diaryl/α,β-unsaturated/α-hetero) is 1. The van der Waals surface area contributed by atoms with Crippen LogP contribution in [-0.4, -0.2) is 42.3 Å². The van der Waals surface area contributed by atoms with Gasteiger partial charge in [-0.15, -0.1) is 0 Å². The molecule has 0 aromatic heterocycles. The van der Waals surface area contributed by atoms with Crippen molar-refractivity contribution in [3.63, 3.8) is 0 Å². The van der Waals surface area contributed by atoms with E-state index in [4.69, 9.17) is 0 Å². The highest BCUT2D eigenvalue weighted by Gasteiger charge is 2.24. The summed E-state index contributed by atoms with van der Waals surface area (Å²) in [6.07, 6.45) is 3.91. The van der Waals surface area contributed by atoms with Crippen LogP contribution in [0.2, 0.25) is 0 Å². The largest absolute Gasteiger partial charge is 0.345 e. The Bertz CT molecular complexity index is 311. The number of carbonyl (C=O) groups is 2. The maximum atomic E-state index is 12.0. The van der Waals surface area contributed by atoms with Gasteiger partial charge in [-0.05, 0) is 38.1 Å². The average Bonchev–Trinajstić information content (AvgIpc) is 2.28. The second kappa shape index (κ2) is 7.63. The van der Waals surface area contributed by atoms with Gasteiger partial charge in [0.15, 0.2) is 5.78 Å². The molecule has 1 fully saturated rings. The highest BCUT2D eigenvalue weighted by molar-refractivity contribution is 5.88. The van der Waals surface area contributed by atoms with E-state index in [1.807, 2.05) is 13.8 Å². The fraction of sp³-hybridized carbons (Fsp3) is 0.867. The molecule has 4 heteroatoms. The Labute approximate surface area is 116 Å². The van der Waals surface area contributed by atoms with E-state index in [0.29, 0.717) is 6.54 Å². The minimum Gasteiger partial charge on any atom is -0.345 e. The Hall–Kier alpha value is -0.900. The van der Waals surface area contributed by atoms with Crippen LogP contribution >= 0.6 is 0 Å². The summed E-state index contributed by atoms with van der Waals surface area (Å²) in [5.41, 5.74) is 0. The van der Waals surface area contributed by atoms with Crippen molar-refractivity contribution in [3.05, 3.63) is 0 Å². The Balaban J connectivity index is 2.40. The SMILES string of the molecule is CCN(CC(=O)NC(C(C)=O)C(C)C)CC1CCC1. The number of hydrogen-bond acceptors (Lipinski definition) is 3. The van der Waals surface area contributed by atoms with Crippen molar-refractivity contribution in [1.82, 2.24) is 10.2 Å². The Morgan fingerprint density at radius 2 is 1.95 bits per heavy atom. The van der Waals surface area contributed by atoms with Crippen molar-refractivity contribution in [1.29, 1.82) is 0 Å². The highest BCUT2D eigenvalue weighted by Crippen LogP contribution is 2.26. The highest BCUT2D eigenvalue weighted by atomic mass is 16.2. The lowest BCUT2D eigenvalue weighted by atomic mass is 9.85. The molecule has 0 aromatic rings. The Kier molecular flexibility index (Phi) is 6.49. The van der Waals surface area contributed by atoms with Crippen LogP contribution in [0.25, 0.3) is 0 Å². The zero-order valence-corrected chi connectivity index (χ0v) is 12.7. The molecular weight excluding hydrogens is 240 g/mol. The molecule has 0 spiro atoms. The van der Waals surface area contributed by atoms with Crippen molar-refractivity contribution in [2.24, 2.45) is 11.8 Å². The van der Waals surface area contributed by atoms with Crippen LogP contribution in [0.1, 0.15) is 47.0 Å². The van der Waals surface area contributed by atoms with Gasteiger partial charge in [-0.25, -0.2) is 0 Å². The van der Waals surface area contributed by atoms with Crippen LogP contribution in [0.5, 0.6) is 0 Å². The fourth-order valence-electron chi connectivity index (χ4n) is 2.51. The molecule has 1 amide bonds. The van der Waals surface area contributed by atoms with E-state index in [1.165, 1.54) is 26.2 Å². The topological polar surface area (TPSA) is 49.4 Å². The Morgan fingerprint density at radius 3 is 2.32 bits per heavy atom. The fourth-order valence-corrected chi connectivity index (χ4v) is 2.51. The van der Waals surface area contributed by atoms with E-state index in [9.17, 15) is 9.59 Å². The molecule has 0 aromatic carbocycles. The quantitative estimate of drug-likeness (QED) is 0.731. The molecule has 0 heterocycles. The smallest absolute Gasteiger partial charge is 0.234 e. The van der Waals surface area contributed by atoms with Crippen molar-refractivity contribution in [2.45, 2.75) is 53.0 Å². The number of nitrogens with one attached hydrogen (secondary N) is 1. The van der Waals surface area contributed by atoms with Crippen LogP contribution in [-0.2, 0) is 9.59 Å². The summed E-state index contributed by atoms with van der Waals surface area (Å²) in [5.74, 6) is 0.907. The molecule has 4 nitrogen and oxygen atoms in total. The zero-order chi connectivity index (χ0) is 14.4. The molecule has 19 heavy (non-hydrogen) atoms. The molecule has 0 aliphatic heterocycles. The second-order valence-corrected chi connectivity index (χ2v) is 6.02. The maximum absolute atomic E-state index is 12.0. The number of likely N-dealkylation sites (N-methyl/N-ethyl adjacent to an activating group) is 1. The first-order valence-corrected chi connectivity index (χ1v) is 7.46. The van der Waals surface area contributed by atoms with Crippen molar-refractivity contribution >= 4 is 11.7 Å².